The summed E-state index contributed by atoms with van der Waals surface area (Å²) in [7, 11) is 1.90. The first-order valence-electron chi connectivity index (χ1n) is 7.28. The Morgan fingerprint density at radius 2 is 2.48 bits per heavy atom. The van der Waals surface area contributed by atoms with Gasteiger partial charge in [-0.3, -0.25) is 4.68 Å². The van der Waals surface area contributed by atoms with E-state index in [0.717, 1.165) is 31.4 Å². The Bertz CT molecular complexity index is 593. The summed E-state index contributed by atoms with van der Waals surface area (Å²) in [6.07, 6.45) is 6.78. The number of thiophene rings is 1. The number of nitrogens with zero attached hydrogens (tertiary/aromatic N) is 3. The third-order valence-electron chi connectivity index (χ3n) is 3.89. The summed E-state index contributed by atoms with van der Waals surface area (Å²) in [5, 5.41) is 11.4. The maximum Gasteiger partial charge on any atom is 0.317 e. The summed E-state index contributed by atoms with van der Waals surface area (Å²) in [6.45, 7) is 1.50. The van der Waals surface area contributed by atoms with Crippen LogP contribution in [-0.2, 0) is 13.5 Å². The van der Waals surface area contributed by atoms with Crippen LogP contribution in [0.5, 0.6) is 0 Å². The Balaban J connectivity index is 1.52. The molecule has 2 amide bonds. The fourth-order valence-corrected chi connectivity index (χ4v) is 3.54. The molecule has 1 aliphatic heterocycles. The van der Waals surface area contributed by atoms with Gasteiger partial charge in [0.25, 0.3) is 0 Å². The first-order valence-corrected chi connectivity index (χ1v) is 8.22. The van der Waals surface area contributed by atoms with Gasteiger partial charge in [0.05, 0.1) is 12.2 Å². The molecule has 2 aromatic rings. The van der Waals surface area contributed by atoms with Crippen molar-refractivity contribution in [1.29, 1.82) is 0 Å². The van der Waals surface area contributed by atoms with Crippen LogP contribution < -0.4 is 5.32 Å². The van der Waals surface area contributed by atoms with E-state index in [9.17, 15) is 4.79 Å². The molecule has 0 radical (unpaired) electrons. The summed E-state index contributed by atoms with van der Waals surface area (Å²) in [4.78, 5) is 14.3. The van der Waals surface area contributed by atoms with Crippen molar-refractivity contribution < 1.29 is 4.79 Å². The van der Waals surface area contributed by atoms with Crippen LogP contribution in [0, 0.1) is 0 Å². The molecule has 2 aromatic heterocycles. The van der Waals surface area contributed by atoms with Crippen molar-refractivity contribution in [3.05, 3.63) is 40.3 Å². The molecular weight excluding hydrogens is 284 g/mol. The molecule has 0 saturated carbocycles. The number of amides is 2. The Labute approximate surface area is 128 Å². The third kappa shape index (κ3) is 3.26. The lowest BCUT2D eigenvalue weighted by atomic mass is 10.1. The van der Waals surface area contributed by atoms with Crippen LogP contribution in [0.1, 0.15) is 30.0 Å². The number of likely N-dealkylation sites (tertiary alicyclic amines) is 1. The maximum absolute atomic E-state index is 12.3. The van der Waals surface area contributed by atoms with Gasteiger partial charge < -0.3 is 10.2 Å². The summed E-state index contributed by atoms with van der Waals surface area (Å²) >= 11 is 1.69. The highest BCUT2D eigenvalue weighted by Gasteiger charge is 2.29. The second kappa shape index (κ2) is 6.30. The fourth-order valence-electron chi connectivity index (χ4n) is 2.84. The minimum atomic E-state index is 0.0487. The van der Waals surface area contributed by atoms with E-state index < -0.39 is 0 Å². The predicted molar refractivity (Wildman–Crippen MR) is 83.3 cm³/mol. The molecule has 0 unspecified atom stereocenters. The second-order valence-corrected chi connectivity index (χ2v) is 6.19. The van der Waals surface area contributed by atoms with E-state index >= 15 is 0 Å². The molecule has 112 valence electrons. The zero-order valence-corrected chi connectivity index (χ0v) is 13.0. The number of nitrogens with one attached hydrogen (secondary N) is 1. The average molecular weight is 304 g/mol. The van der Waals surface area contributed by atoms with Crippen molar-refractivity contribution in [3.8, 4) is 0 Å². The van der Waals surface area contributed by atoms with Crippen molar-refractivity contribution in [1.82, 2.24) is 20.0 Å². The van der Waals surface area contributed by atoms with E-state index in [1.807, 2.05) is 24.3 Å². The average Bonchev–Trinajstić information content (AvgIpc) is 3.19. The van der Waals surface area contributed by atoms with Gasteiger partial charge in [-0.2, -0.15) is 16.4 Å². The van der Waals surface area contributed by atoms with E-state index in [2.05, 4.69) is 27.2 Å². The lowest BCUT2D eigenvalue weighted by Crippen LogP contribution is -2.40. The minimum Gasteiger partial charge on any atom is -0.338 e. The van der Waals surface area contributed by atoms with Gasteiger partial charge in [0, 0.05) is 26.3 Å². The third-order valence-corrected chi connectivity index (χ3v) is 4.59. The topological polar surface area (TPSA) is 50.2 Å². The highest BCUT2D eigenvalue weighted by Crippen LogP contribution is 2.32. The summed E-state index contributed by atoms with van der Waals surface area (Å²) in [5.41, 5.74) is 2.41. The molecular formula is C15H20N4OS. The van der Waals surface area contributed by atoms with E-state index in [1.165, 1.54) is 5.56 Å². The normalized spacial score (nSPS) is 18.1. The van der Waals surface area contributed by atoms with Gasteiger partial charge in [0.1, 0.15) is 0 Å². The Morgan fingerprint density at radius 1 is 1.57 bits per heavy atom. The van der Waals surface area contributed by atoms with E-state index in [1.54, 1.807) is 16.0 Å². The van der Waals surface area contributed by atoms with Crippen molar-refractivity contribution in [2.75, 3.05) is 13.1 Å². The van der Waals surface area contributed by atoms with Crippen LogP contribution in [-0.4, -0.2) is 33.8 Å². The molecule has 5 nitrogen and oxygen atoms in total. The van der Waals surface area contributed by atoms with Gasteiger partial charge in [-0.1, -0.05) is 0 Å². The molecule has 0 spiro atoms. The molecule has 21 heavy (non-hydrogen) atoms. The molecule has 0 aliphatic carbocycles. The molecule has 1 aliphatic rings. The minimum absolute atomic E-state index is 0.0487. The van der Waals surface area contributed by atoms with Gasteiger partial charge in [-0.25, -0.2) is 4.79 Å². The number of urea groups is 1. The summed E-state index contributed by atoms with van der Waals surface area (Å²) in [5.74, 6) is 0. The molecule has 1 N–H and O–H groups in total. The highest BCUT2D eigenvalue weighted by atomic mass is 32.1. The molecule has 1 fully saturated rings. The van der Waals surface area contributed by atoms with Gasteiger partial charge in [0.15, 0.2) is 0 Å². The lowest BCUT2D eigenvalue weighted by Gasteiger charge is -2.24. The zero-order valence-electron chi connectivity index (χ0n) is 12.2. The van der Waals surface area contributed by atoms with E-state index in [4.69, 9.17) is 0 Å². The first-order chi connectivity index (χ1) is 10.2. The van der Waals surface area contributed by atoms with Gasteiger partial charge >= 0.3 is 6.03 Å². The number of aryl methyl sites for hydroxylation is 1. The van der Waals surface area contributed by atoms with Gasteiger partial charge in [-0.05, 0) is 47.2 Å². The molecule has 1 atom stereocenters. The van der Waals surface area contributed by atoms with Crippen LogP contribution in [0.25, 0.3) is 0 Å². The SMILES string of the molecule is Cn1cc(CCNC(=O)N2CCC[C@@H]2c2ccsc2)cn1. The van der Waals surface area contributed by atoms with Crippen molar-refractivity contribution >= 4 is 17.4 Å². The standard InChI is InChI=1S/C15H20N4OS/c1-18-10-12(9-17-18)4-6-16-15(20)19-7-2-3-14(19)13-5-8-21-11-13/h5,8-11,14H,2-4,6-7H2,1H3,(H,16,20)/t14-/m1/s1. The summed E-state index contributed by atoms with van der Waals surface area (Å²) in [6, 6.07) is 2.42. The molecule has 0 aromatic carbocycles. The zero-order chi connectivity index (χ0) is 14.7. The maximum atomic E-state index is 12.3. The number of aromatic nitrogens is 2. The van der Waals surface area contributed by atoms with Crippen molar-refractivity contribution in [2.45, 2.75) is 25.3 Å². The van der Waals surface area contributed by atoms with Gasteiger partial charge in [0.2, 0.25) is 0 Å². The van der Waals surface area contributed by atoms with E-state index in [0.29, 0.717) is 6.54 Å². The Hall–Kier alpha value is -1.82. The fraction of sp³-hybridized carbons (Fsp3) is 0.467. The van der Waals surface area contributed by atoms with Crippen LogP contribution in [0.2, 0.25) is 0 Å². The monoisotopic (exact) mass is 304 g/mol. The Kier molecular flexibility index (Phi) is 4.24. The smallest absolute Gasteiger partial charge is 0.317 e. The summed E-state index contributed by atoms with van der Waals surface area (Å²) < 4.78 is 1.78. The number of carbonyl (C=O) groups is 1. The Morgan fingerprint density at radius 3 is 3.19 bits per heavy atom. The van der Waals surface area contributed by atoms with Crippen molar-refractivity contribution in [2.24, 2.45) is 7.05 Å². The quantitative estimate of drug-likeness (QED) is 0.944. The lowest BCUT2D eigenvalue weighted by molar-refractivity contribution is 0.193. The van der Waals surface area contributed by atoms with Crippen molar-refractivity contribution in [3.63, 3.8) is 0 Å². The number of rotatable bonds is 4. The number of hydrogen-bond acceptors (Lipinski definition) is 3. The first kappa shape index (κ1) is 14.1. The molecule has 6 heteroatoms. The van der Waals surface area contributed by atoms with Crippen LogP contribution >= 0.6 is 11.3 Å². The molecule has 1 saturated heterocycles. The number of hydrogen-bond donors (Lipinski definition) is 1. The van der Waals surface area contributed by atoms with Crippen LogP contribution in [0.4, 0.5) is 4.79 Å². The number of carbonyl (C=O) groups excluding carboxylic acids is 1. The molecule has 3 rings (SSSR count). The van der Waals surface area contributed by atoms with Gasteiger partial charge in [-0.15, -0.1) is 0 Å². The van der Waals surface area contributed by atoms with Crippen LogP contribution in [0.15, 0.2) is 29.2 Å². The largest absolute Gasteiger partial charge is 0.338 e. The van der Waals surface area contributed by atoms with E-state index in [-0.39, 0.29) is 12.1 Å². The predicted octanol–water partition coefficient (Wildman–Crippen LogP) is 2.57. The molecule has 0 bridgehead atoms. The molecule has 3 heterocycles. The van der Waals surface area contributed by atoms with Crippen LogP contribution in [0.3, 0.4) is 0 Å². The second-order valence-electron chi connectivity index (χ2n) is 5.41. The highest BCUT2D eigenvalue weighted by molar-refractivity contribution is 7.07.